The molecule has 0 saturated heterocycles. The maximum absolute atomic E-state index is 11.6. The van der Waals surface area contributed by atoms with Crippen LogP contribution in [0.1, 0.15) is 38.3 Å². The van der Waals surface area contributed by atoms with Crippen molar-refractivity contribution in [3.05, 3.63) is 35.4 Å². The minimum atomic E-state index is 0.0298. The molecule has 1 N–H and O–H groups in total. The molecule has 3 heteroatoms. The lowest BCUT2D eigenvalue weighted by Crippen LogP contribution is -2.27. The molecule has 0 heterocycles. The van der Waals surface area contributed by atoms with E-state index in [-0.39, 0.29) is 11.3 Å². The van der Waals surface area contributed by atoms with E-state index < -0.39 is 0 Å². The van der Waals surface area contributed by atoms with E-state index in [9.17, 15) is 4.79 Å². The van der Waals surface area contributed by atoms with Crippen molar-refractivity contribution >= 4 is 17.5 Å². The van der Waals surface area contributed by atoms with Crippen molar-refractivity contribution in [2.75, 3.05) is 0 Å². The van der Waals surface area contributed by atoms with Crippen molar-refractivity contribution in [1.29, 1.82) is 0 Å². The fraction of sp³-hybridized carbons (Fsp3) is 0.500. The van der Waals surface area contributed by atoms with Crippen LogP contribution in [0.5, 0.6) is 0 Å². The standard InChI is InChI=1S/C14H20ClNO/c1-14(2,3)8-13(17)16-10-12-6-4-5-11(7-12)9-15/h4-7H,8-10H2,1-3H3,(H,16,17). The quantitative estimate of drug-likeness (QED) is 0.818. The number of rotatable bonds is 4. The van der Waals surface area contributed by atoms with Crippen molar-refractivity contribution in [1.82, 2.24) is 5.32 Å². The van der Waals surface area contributed by atoms with Gasteiger partial charge in [-0.25, -0.2) is 0 Å². The Morgan fingerprint density at radius 2 is 1.94 bits per heavy atom. The Hall–Kier alpha value is -1.02. The van der Waals surface area contributed by atoms with Crippen LogP contribution in [-0.2, 0) is 17.2 Å². The van der Waals surface area contributed by atoms with E-state index in [1.165, 1.54) is 0 Å². The van der Waals surface area contributed by atoms with Crippen LogP contribution in [0.4, 0.5) is 0 Å². The Bertz CT molecular complexity index is 382. The van der Waals surface area contributed by atoms with Crippen LogP contribution in [-0.4, -0.2) is 5.91 Å². The molecule has 0 bridgehead atoms. The summed E-state index contributed by atoms with van der Waals surface area (Å²) >= 11 is 5.76. The summed E-state index contributed by atoms with van der Waals surface area (Å²) < 4.78 is 0. The van der Waals surface area contributed by atoms with Gasteiger partial charge in [0.2, 0.25) is 5.91 Å². The summed E-state index contributed by atoms with van der Waals surface area (Å²) in [5.41, 5.74) is 2.20. The van der Waals surface area contributed by atoms with Crippen LogP contribution >= 0.6 is 11.6 Å². The summed E-state index contributed by atoms with van der Waals surface area (Å²) in [5.74, 6) is 0.595. The van der Waals surface area contributed by atoms with Gasteiger partial charge in [0.05, 0.1) is 0 Å². The second-order valence-electron chi connectivity index (χ2n) is 5.47. The first kappa shape index (κ1) is 14.0. The van der Waals surface area contributed by atoms with Gasteiger partial charge in [0.25, 0.3) is 0 Å². The van der Waals surface area contributed by atoms with Crippen LogP contribution in [0, 0.1) is 5.41 Å². The molecule has 0 saturated carbocycles. The molecule has 0 aliphatic rings. The lowest BCUT2D eigenvalue weighted by Gasteiger charge is -2.17. The van der Waals surface area contributed by atoms with Gasteiger partial charge in [-0.3, -0.25) is 4.79 Å². The SMILES string of the molecule is CC(C)(C)CC(=O)NCc1cccc(CCl)c1. The van der Waals surface area contributed by atoms with Gasteiger partial charge >= 0.3 is 0 Å². The highest BCUT2D eigenvalue weighted by atomic mass is 35.5. The van der Waals surface area contributed by atoms with Crippen molar-refractivity contribution in [3.8, 4) is 0 Å². The van der Waals surface area contributed by atoms with Crippen molar-refractivity contribution < 1.29 is 4.79 Å². The fourth-order valence-corrected chi connectivity index (χ4v) is 1.73. The van der Waals surface area contributed by atoms with E-state index in [4.69, 9.17) is 11.6 Å². The molecule has 2 nitrogen and oxygen atoms in total. The van der Waals surface area contributed by atoms with Gasteiger partial charge in [-0.2, -0.15) is 0 Å². The van der Waals surface area contributed by atoms with Gasteiger partial charge in [-0.1, -0.05) is 45.0 Å². The molecule has 0 atom stereocenters. The van der Waals surface area contributed by atoms with E-state index in [0.29, 0.717) is 18.8 Å². The molecule has 0 aliphatic heterocycles. The lowest BCUT2D eigenvalue weighted by atomic mass is 9.92. The third-order valence-electron chi connectivity index (χ3n) is 2.33. The van der Waals surface area contributed by atoms with Gasteiger partial charge in [-0.15, -0.1) is 11.6 Å². The number of nitrogens with one attached hydrogen (secondary N) is 1. The molecule has 94 valence electrons. The molecule has 0 aromatic heterocycles. The Labute approximate surface area is 108 Å². The summed E-state index contributed by atoms with van der Waals surface area (Å²) in [6, 6.07) is 7.95. The predicted octanol–water partition coefficient (Wildman–Crippen LogP) is 3.48. The number of benzene rings is 1. The van der Waals surface area contributed by atoms with Crippen LogP contribution in [0.2, 0.25) is 0 Å². The second kappa shape index (κ2) is 6.06. The zero-order valence-corrected chi connectivity index (χ0v) is 11.5. The average molecular weight is 254 g/mol. The number of amides is 1. The minimum Gasteiger partial charge on any atom is -0.352 e. The van der Waals surface area contributed by atoms with Gasteiger partial charge in [-0.05, 0) is 16.5 Å². The number of hydrogen-bond acceptors (Lipinski definition) is 1. The predicted molar refractivity (Wildman–Crippen MR) is 71.9 cm³/mol. The Balaban J connectivity index is 2.47. The van der Waals surface area contributed by atoms with Crippen LogP contribution < -0.4 is 5.32 Å². The monoisotopic (exact) mass is 253 g/mol. The maximum atomic E-state index is 11.6. The van der Waals surface area contributed by atoms with E-state index in [0.717, 1.165) is 11.1 Å². The molecule has 1 amide bonds. The molecule has 17 heavy (non-hydrogen) atoms. The Morgan fingerprint density at radius 3 is 2.53 bits per heavy atom. The smallest absolute Gasteiger partial charge is 0.220 e. The molecule has 1 aromatic rings. The normalized spacial score (nSPS) is 11.3. The molecule has 1 aromatic carbocycles. The molecule has 0 fully saturated rings. The first-order valence-electron chi connectivity index (χ1n) is 5.81. The topological polar surface area (TPSA) is 29.1 Å². The minimum absolute atomic E-state index is 0.0298. The summed E-state index contributed by atoms with van der Waals surface area (Å²) in [6.07, 6.45) is 0.544. The number of carbonyl (C=O) groups excluding carboxylic acids is 1. The first-order chi connectivity index (χ1) is 7.90. The highest BCUT2D eigenvalue weighted by molar-refractivity contribution is 6.17. The molecule has 0 unspecified atom stereocenters. The number of alkyl halides is 1. The molecule has 0 radical (unpaired) electrons. The van der Waals surface area contributed by atoms with Crippen LogP contribution in [0.3, 0.4) is 0 Å². The van der Waals surface area contributed by atoms with E-state index in [2.05, 4.69) is 26.1 Å². The zero-order valence-electron chi connectivity index (χ0n) is 10.7. The molecular weight excluding hydrogens is 234 g/mol. The second-order valence-corrected chi connectivity index (χ2v) is 5.74. The highest BCUT2D eigenvalue weighted by Gasteiger charge is 2.15. The number of halogens is 1. The molecule has 1 rings (SSSR count). The Morgan fingerprint density at radius 1 is 1.29 bits per heavy atom. The van der Waals surface area contributed by atoms with Crippen LogP contribution in [0.15, 0.2) is 24.3 Å². The third kappa shape index (κ3) is 5.73. The molecule has 0 aliphatic carbocycles. The van der Waals surface area contributed by atoms with Crippen molar-refractivity contribution in [2.24, 2.45) is 5.41 Å². The van der Waals surface area contributed by atoms with E-state index in [1.54, 1.807) is 0 Å². The molecular formula is C14H20ClNO. The average Bonchev–Trinajstić information content (AvgIpc) is 2.24. The van der Waals surface area contributed by atoms with E-state index >= 15 is 0 Å². The van der Waals surface area contributed by atoms with Crippen molar-refractivity contribution in [3.63, 3.8) is 0 Å². The summed E-state index contributed by atoms with van der Waals surface area (Å²) in [7, 11) is 0. The highest BCUT2D eigenvalue weighted by Crippen LogP contribution is 2.18. The van der Waals surface area contributed by atoms with E-state index in [1.807, 2.05) is 24.3 Å². The van der Waals surface area contributed by atoms with Gasteiger partial charge in [0, 0.05) is 18.8 Å². The van der Waals surface area contributed by atoms with Gasteiger partial charge < -0.3 is 5.32 Å². The van der Waals surface area contributed by atoms with Gasteiger partial charge in [0.15, 0.2) is 0 Å². The number of hydrogen-bond donors (Lipinski definition) is 1. The first-order valence-corrected chi connectivity index (χ1v) is 6.35. The summed E-state index contributed by atoms with van der Waals surface area (Å²) in [5, 5.41) is 2.92. The maximum Gasteiger partial charge on any atom is 0.220 e. The van der Waals surface area contributed by atoms with Crippen LogP contribution in [0.25, 0.3) is 0 Å². The number of carbonyl (C=O) groups is 1. The van der Waals surface area contributed by atoms with Crippen molar-refractivity contribution in [2.45, 2.75) is 39.6 Å². The summed E-state index contributed by atoms with van der Waals surface area (Å²) in [6.45, 7) is 6.74. The summed E-state index contributed by atoms with van der Waals surface area (Å²) in [4.78, 5) is 11.6. The third-order valence-corrected chi connectivity index (χ3v) is 2.63. The lowest BCUT2D eigenvalue weighted by molar-refractivity contribution is -0.122. The Kier molecular flexibility index (Phi) is 5.01. The zero-order chi connectivity index (χ0) is 12.9. The van der Waals surface area contributed by atoms with Gasteiger partial charge in [0.1, 0.15) is 0 Å². The largest absolute Gasteiger partial charge is 0.352 e. The fourth-order valence-electron chi connectivity index (χ4n) is 1.57. The molecule has 0 spiro atoms.